The second-order valence-electron chi connectivity index (χ2n) is 5.64. The van der Waals surface area contributed by atoms with Crippen LogP contribution in [0.5, 0.6) is 0 Å². The quantitative estimate of drug-likeness (QED) is 0.748. The number of hydrogen-bond acceptors (Lipinski definition) is 5. The molecule has 2 aliphatic rings. The summed E-state index contributed by atoms with van der Waals surface area (Å²) in [7, 11) is 0. The van der Waals surface area contributed by atoms with Gasteiger partial charge < -0.3 is 15.5 Å². The Labute approximate surface area is 129 Å². The van der Waals surface area contributed by atoms with Gasteiger partial charge in [0, 0.05) is 51.2 Å². The summed E-state index contributed by atoms with van der Waals surface area (Å²) < 4.78 is 0. The molecule has 7 heteroatoms. The van der Waals surface area contributed by atoms with Gasteiger partial charge in [-0.1, -0.05) is 6.07 Å². The van der Waals surface area contributed by atoms with Gasteiger partial charge in [-0.25, -0.2) is 0 Å². The normalized spacial score (nSPS) is 23.2. The molecule has 118 valence electrons. The van der Waals surface area contributed by atoms with Crippen LogP contribution in [0.15, 0.2) is 24.5 Å². The highest BCUT2D eigenvalue weighted by Gasteiger charge is 2.28. The largest absolute Gasteiger partial charge is 0.353 e. The Morgan fingerprint density at radius 1 is 1.36 bits per heavy atom. The van der Waals surface area contributed by atoms with Crippen LogP contribution in [0.2, 0.25) is 0 Å². The smallest absolute Gasteiger partial charge is 0.239 e. The van der Waals surface area contributed by atoms with Crippen molar-refractivity contribution in [1.29, 1.82) is 0 Å². The van der Waals surface area contributed by atoms with Gasteiger partial charge in [0.15, 0.2) is 0 Å². The molecule has 0 saturated carbocycles. The molecule has 2 N–H and O–H groups in total. The first-order chi connectivity index (χ1) is 10.7. The number of carbonyl (C=O) groups is 2. The molecule has 0 aliphatic carbocycles. The van der Waals surface area contributed by atoms with E-state index in [1.54, 1.807) is 11.1 Å². The summed E-state index contributed by atoms with van der Waals surface area (Å²) in [4.78, 5) is 31.9. The van der Waals surface area contributed by atoms with Crippen LogP contribution < -0.4 is 10.6 Å². The molecule has 2 saturated heterocycles. The third kappa shape index (κ3) is 3.42. The summed E-state index contributed by atoms with van der Waals surface area (Å²) in [6.45, 7) is 4.12. The SMILES string of the molecule is O=C1CN(C(=O)CN2CCNCC2c2cccnc2)CCN1. The molecule has 2 amide bonds. The minimum atomic E-state index is -0.0799. The van der Waals surface area contributed by atoms with Gasteiger partial charge in [-0.3, -0.25) is 19.5 Å². The van der Waals surface area contributed by atoms with Crippen molar-refractivity contribution in [3.63, 3.8) is 0 Å². The third-order valence-electron chi connectivity index (χ3n) is 4.15. The maximum atomic E-state index is 12.5. The van der Waals surface area contributed by atoms with Crippen molar-refractivity contribution in [3.05, 3.63) is 30.1 Å². The van der Waals surface area contributed by atoms with E-state index >= 15 is 0 Å². The van der Waals surface area contributed by atoms with Crippen molar-refractivity contribution in [2.75, 3.05) is 45.8 Å². The Kier molecular flexibility index (Phi) is 4.65. The number of rotatable bonds is 3. The Bertz CT molecular complexity index is 536. The lowest BCUT2D eigenvalue weighted by Gasteiger charge is -2.37. The van der Waals surface area contributed by atoms with Crippen molar-refractivity contribution in [3.8, 4) is 0 Å². The summed E-state index contributed by atoms with van der Waals surface area (Å²) >= 11 is 0. The van der Waals surface area contributed by atoms with Crippen molar-refractivity contribution in [2.45, 2.75) is 6.04 Å². The molecular formula is C15H21N5O2. The van der Waals surface area contributed by atoms with Crippen molar-refractivity contribution < 1.29 is 9.59 Å². The van der Waals surface area contributed by atoms with E-state index in [1.165, 1.54) is 0 Å². The van der Waals surface area contributed by atoms with Gasteiger partial charge in [0.2, 0.25) is 11.8 Å². The molecule has 1 aromatic heterocycles. The fourth-order valence-corrected chi connectivity index (χ4v) is 2.96. The summed E-state index contributed by atoms with van der Waals surface area (Å²) in [5, 5.41) is 6.11. The molecule has 0 spiro atoms. The van der Waals surface area contributed by atoms with Crippen LogP contribution in [0.3, 0.4) is 0 Å². The van der Waals surface area contributed by atoms with Gasteiger partial charge in [-0.05, 0) is 11.6 Å². The number of nitrogens with zero attached hydrogens (tertiary/aromatic N) is 3. The maximum absolute atomic E-state index is 12.5. The van der Waals surface area contributed by atoms with Gasteiger partial charge in [-0.15, -0.1) is 0 Å². The first-order valence-corrected chi connectivity index (χ1v) is 7.63. The summed E-state index contributed by atoms with van der Waals surface area (Å²) in [5.74, 6) is -0.0608. The highest BCUT2D eigenvalue weighted by molar-refractivity contribution is 5.86. The highest BCUT2D eigenvalue weighted by atomic mass is 16.2. The molecular weight excluding hydrogens is 282 g/mol. The highest BCUT2D eigenvalue weighted by Crippen LogP contribution is 2.21. The number of piperazine rings is 2. The number of carbonyl (C=O) groups excluding carboxylic acids is 2. The number of hydrogen-bond donors (Lipinski definition) is 2. The summed E-state index contributed by atoms with van der Waals surface area (Å²) in [5.41, 5.74) is 1.11. The van der Waals surface area contributed by atoms with Crippen LogP contribution in [0.4, 0.5) is 0 Å². The molecule has 0 radical (unpaired) electrons. The van der Waals surface area contributed by atoms with E-state index in [9.17, 15) is 9.59 Å². The first-order valence-electron chi connectivity index (χ1n) is 7.63. The molecule has 2 fully saturated rings. The molecule has 22 heavy (non-hydrogen) atoms. The lowest BCUT2D eigenvalue weighted by atomic mass is 10.1. The van der Waals surface area contributed by atoms with E-state index in [0.717, 1.165) is 25.2 Å². The topological polar surface area (TPSA) is 77.6 Å². The molecule has 1 atom stereocenters. The Morgan fingerprint density at radius 3 is 3.05 bits per heavy atom. The lowest BCUT2D eigenvalue weighted by Crippen LogP contribution is -2.54. The van der Waals surface area contributed by atoms with Gasteiger partial charge in [0.25, 0.3) is 0 Å². The van der Waals surface area contributed by atoms with Crippen LogP contribution in [-0.2, 0) is 9.59 Å². The average molecular weight is 303 g/mol. The Hall–Kier alpha value is -1.99. The fourth-order valence-electron chi connectivity index (χ4n) is 2.96. The predicted molar refractivity (Wildman–Crippen MR) is 81.0 cm³/mol. The van der Waals surface area contributed by atoms with Crippen LogP contribution in [0.1, 0.15) is 11.6 Å². The second-order valence-corrected chi connectivity index (χ2v) is 5.64. The van der Waals surface area contributed by atoms with E-state index in [2.05, 4.69) is 20.5 Å². The zero-order valence-corrected chi connectivity index (χ0v) is 12.5. The molecule has 3 heterocycles. The molecule has 1 unspecified atom stereocenters. The van der Waals surface area contributed by atoms with Gasteiger partial charge in [-0.2, -0.15) is 0 Å². The number of aromatic nitrogens is 1. The molecule has 0 aromatic carbocycles. The van der Waals surface area contributed by atoms with E-state index in [4.69, 9.17) is 0 Å². The average Bonchev–Trinajstić information content (AvgIpc) is 2.56. The zero-order valence-electron chi connectivity index (χ0n) is 12.5. The minimum absolute atomic E-state index is 0.0191. The maximum Gasteiger partial charge on any atom is 0.239 e. The van der Waals surface area contributed by atoms with Gasteiger partial charge >= 0.3 is 0 Å². The van der Waals surface area contributed by atoms with Gasteiger partial charge in [0.1, 0.15) is 0 Å². The van der Waals surface area contributed by atoms with Crippen molar-refractivity contribution in [1.82, 2.24) is 25.4 Å². The summed E-state index contributed by atoms with van der Waals surface area (Å²) in [6, 6.07) is 4.10. The van der Waals surface area contributed by atoms with Crippen LogP contribution in [-0.4, -0.2) is 72.4 Å². The minimum Gasteiger partial charge on any atom is -0.353 e. The first kappa shape index (κ1) is 14.9. The number of pyridine rings is 1. The Morgan fingerprint density at radius 2 is 2.27 bits per heavy atom. The fraction of sp³-hybridized carbons (Fsp3) is 0.533. The predicted octanol–water partition coefficient (Wildman–Crippen LogP) is -1.01. The van der Waals surface area contributed by atoms with Gasteiger partial charge in [0.05, 0.1) is 13.1 Å². The molecule has 1 aromatic rings. The molecule has 0 bridgehead atoms. The Balaban J connectivity index is 1.66. The van der Waals surface area contributed by atoms with Crippen molar-refractivity contribution >= 4 is 11.8 Å². The second kappa shape index (κ2) is 6.85. The molecule has 2 aliphatic heterocycles. The molecule has 3 rings (SSSR count). The van der Waals surface area contributed by atoms with Crippen LogP contribution >= 0.6 is 0 Å². The monoisotopic (exact) mass is 303 g/mol. The number of amides is 2. The van der Waals surface area contributed by atoms with E-state index in [0.29, 0.717) is 19.6 Å². The zero-order chi connectivity index (χ0) is 15.4. The van der Waals surface area contributed by atoms with Crippen LogP contribution in [0, 0.1) is 0 Å². The van der Waals surface area contributed by atoms with Crippen LogP contribution in [0.25, 0.3) is 0 Å². The standard InChI is InChI=1S/C15H21N5O2/c21-14-10-20(7-5-18-14)15(22)11-19-6-4-17-9-13(19)12-2-1-3-16-8-12/h1-3,8,13,17H,4-7,9-11H2,(H,18,21). The summed E-state index contributed by atoms with van der Waals surface area (Å²) in [6.07, 6.45) is 3.60. The molecule has 7 nitrogen and oxygen atoms in total. The van der Waals surface area contributed by atoms with E-state index in [1.807, 2.05) is 18.3 Å². The van der Waals surface area contributed by atoms with E-state index < -0.39 is 0 Å². The van der Waals surface area contributed by atoms with E-state index in [-0.39, 0.29) is 24.4 Å². The lowest BCUT2D eigenvalue weighted by molar-refractivity contribution is -0.139. The number of nitrogens with one attached hydrogen (secondary N) is 2. The van der Waals surface area contributed by atoms with Crippen molar-refractivity contribution in [2.24, 2.45) is 0 Å². The third-order valence-corrected chi connectivity index (χ3v) is 4.15.